The Bertz CT molecular complexity index is 1180. The van der Waals surface area contributed by atoms with Gasteiger partial charge in [-0.1, -0.05) is 29.8 Å². The molecule has 170 valence electrons. The molecule has 6 nitrogen and oxygen atoms in total. The monoisotopic (exact) mass is 528 g/mol. The van der Waals surface area contributed by atoms with Gasteiger partial charge in [0.15, 0.2) is 11.5 Å². The predicted octanol–water partition coefficient (Wildman–Crippen LogP) is 5.83. The van der Waals surface area contributed by atoms with Crippen LogP contribution in [-0.4, -0.2) is 18.4 Å². The van der Waals surface area contributed by atoms with E-state index in [0.717, 1.165) is 11.1 Å². The van der Waals surface area contributed by atoms with Crippen LogP contribution in [0.25, 0.3) is 6.08 Å². The van der Waals surface area contributed by atoms with Gasteiger partial charge in [0.25, 0.3) is 0 Å². The van der Waals surface area contributed by atoms with Gasteiger partial charge in [-0.3, -0.25) is 9.59 Å². The first kappa shape index (κ1) is 24.4. The third-order valence-electron chi connectivity index (χ3n) is 4.53. The molecule has 3 aromatic rings. The van der Waals surface area contributed by atoms with Crippen LogP contribution in [0.4, 0.5) is 5.69 Å². The molecule has 0 unspecified atom stereocenters. The predicted molar refractivity (Wildman–Crippen MR) is 134 cm³/mol. The van der Waals surface area contributed by atoms with Crippen LogP contribution in [0.1, 0.15) is 28.4 Å². The molecular weight excluding hydrogens is 508 g/mol. The lowest BCUT2D eigenvalue weighted by Gasteiger charge is -2.15. The number of hydrogen-bond donors (Lipinski definition) is 2. The molecule has 0 saturated heterocycles. The van der Waals surface area contributed by atoms with Gasteiger partial charge in [-0.05, 0) is 77.0 Å². The lowest BCUT2D eigenvalue weighted by atomic mass is 10.1. The van der Waals surface area contributed by atoms with Crippen LogP contribution in [0, 0.1) is 0 Å². The standard InChI is InChI=1S/C25H22BrClN2O4/c1-2-32-22-14-16(7-12-23(30)29-19-10-8-17(9-11-19)25(28)31)13-20(26)24(22)33-15-18-5-3-4-6-21(18)27/h3-14H,2,15H2,1H3,(H2,28,31)(H,29,30)/b12-7+. The number of primary amides is 1. The van der Waals surface area contributed by atoms with E-state index in [1.807, 2.05) is 37.3 Å². The Balaban J connectivity index is 1.72. The molecule has 0 aromatic heterocycles. The molecule has 8 heteroatoms. The number of halogens is 2. The van der Waals surface area contributed by atoms with Crippen LogP contribution in [0.15, 0.2) is 71.2 Å². The van der Waals surface area contributed by atoms with Crippen molar-refractivity contribution in [2.24, 2.45) is 5.73 Å². The summed E-state index contributed by atoms with van der Waals surface area (Å²) >= 11 is 9.75. The number of nitrogens with one attached hydrogen (secondary N) is 1. The molecule has 2 amide bonds. The number of nitrogens with two attached hydrogens (primary N) is 1. The molecule has 0 saturated carbocycles. The first-order chi connectivity index (χ1) is 15.9. The Kier molecular flexibility index (Phi) is 8.52. The average molecular weight is 530 g/mol. The van der Waals surface area contributed by atoms with Gasteiger partial charge in [-0.15, -0.1) is 0 Å². The Hall–Kier alpha value is -3.29. The van der Waals surface area contributed by atoms with E-state index < -0.39 is 5.91 Å². The van der Waals surface area contributed by atoms with Crippen LogP contribution < -0.4 is 20.5 Å². The zero-order valence-electron chi connectivity index (χ0n) is 17.8. The molecule has 0 bridgehead atoms. The number of hydrogen-bond acceptors (Lipinski definition) is 4. The van der Waals surface area contributed by atoms with Crippen molar-refractivity contribution < 1.29 is 19.1 Å². The van der Waals surface area contributed by atoms with Crippen LogP contribution in [-0.2, 0) is 11.4 Å². The van der Waals surface area contributed by atoms with Gasteiger partial charge in [-0.25, -0.2) is 0 Å². The molecule has 0 aliphatic heterocycles. The van der Waals surface area contributed by atoms with E-state index in [2.05, 4.69) is 21.2 Å². The number of amides is 2. The Morgan fingerprint density at radius 2 is 1.82 bits per heavy atom. The fourth-order valence-corrected chi connectivity index (χ4v) is 3.69. The lowest BCUT2D eigenvalue weighted by molar-refractivity contribution is -0.111. The van der Waals surface area contributed by atoms with Gasteiger partial charge in [0.2, 0.25) is 11.8 Å². The normalized spacial score (nSPS) is 10.8. The van der Waals surface area contributed by atoms with Crippen molar-refractivity contribution in [1.82, 2.24) is 0 Å². The summed E-state index contributed by atoms with van der Waals surface area (Å²) in [5.74, 6) is 0.242. The highest BCUT2D eigenvalue weighted by molar-refractivity contribution is 9.10. The summed E-state index contributed by atoms with van der Waals surface area (Å²) in [7, 11) is 0. The fourth-order valence-electron chi connectivity index (χ4n) is 2.93. The average Bonchev–Trinajstić information content (AvgIpc) is 2.79. The first-order valence-corrected chi connectivity index (χ1v) is 11.3. The highest BCUT2D eigenvalue weighted by atomic mass is 79.9. The lowest BCUT2D eigenvalue weighted by Crippen LogP contribution is -2.11. The van der Waals surface area contributed by atoms with E-state index in [0.29, 0.717) is 38.9 Å². The number of rotatable bonds is 9. The van der Waals surface area contributed by atoms with Crippen LogP contribution in [0.5, 0.6) is 11.5 Å². The second-order valence-corrected chi connectivity index (χ2v) is 8.17. The summed E-state index contributed by atoms with van der Waals surface area (Å²) in [5.41, 5.74) is 7.75. The molecule has 0 heterocycles. The van der Waals surface area contributed by atoms with Crippen molar-refractivity contribution in [2.45, 2.75) is 13.5 Å². The molecule has 0 aliphatic carbocycles. The van der Waals surface area contributed by atoms with Gasteiger partial charge in [-0.2, -0.15) is 0 Å². The highest BCUT2D eigenvalue weighted by Crippen LogP contribution is 2.38. The van der Waals surface area contributed by atoms with Crippen molar-refractivity contribution in [2.75, 3.05) is 11.9 Å². The first-order valence-electron chi connectivity index (χ1n) is 10.1. The van der Waals surface area contributed by atoms with Gasteiger partial charge in [0.05, 0.1) is 11.1 Å². The molecule has 33 heavy (non-hydrogen) atoms. The SMILES string of the molecule is CCOc1cc(/C=C/C(=O)Nc2ccc(C(N)=O)cc2)cc(Br)c1OCc1ccccc1Cl. The van der Waals surface area contributed by atoms with Crippen molar-refractivity contribution >= 4 is 51.1 Å². The molecule has 3 aromatic carbocycles. The van der Waals surface area contributed by atoms with Gasteiger partial charge >= 0.3 is 0 Å². The Morgan fingerprint density at radius 3 is 2.48 bits per heavy atom. The van der Waals surface area contributed by atoms with Gasteiger partial charge < -0.3 is 20.5 Å². The highest BCUT2D eigenvalue weighted by Gasteiger charge is 2.13. The summed E-state index contributed by atoms with van der Waals surface area (Å²) in [5, 5.41) is 3.36. The molecule has 0 fully saturated rings. The topological polar surface area (TPSA) is 90.6 Å². The second kappa shape index (κ2) is 11.5. The summed E-state index contributed by atoms with van der Waals surface area (Å²) in [4.78, 5) is 23.4. The quantitative estimate of drug-likeness (QED) is 0.341. The zero-order valence-corrected chi connectivity index (χ0v) is 20.2. The maximum absolute atomic E-state index is 12.3. The summed E-state index contributed by atoms with van der Waals surface area (Å²) in [6.45, 7) is 2.61. The Morgan fingerprint density at radius 1 is 1.09 bits per heavy atom. The van der Waals surface area contributed by atoms with E-state index in [1.165, 1.54) is 6.08 Å². The third-order valence-corrected chi connectivity index (χ3v) is 5.48. The summed E-state index contributed by atoms with van der Waals surface area (Å²) in [6.07, 6.45) is 3.07. The zero-order chi connectivity index (χ0) is 23.8. The van der Waals surface area contributed by atoms with E-state index in [-0.39, 0.29) is 12.5 Å². The van der Waals surface area contributed by atoms with Crippen molar-refractivity contribution in [3.05, 3.63) is 92.9 Å². The number of anilines is 1. The van der Waals surface area contributed by atoms with Crippen molar-refractivity contribution in [3.8, 4) is 11.5 Å². The van der Waals surface area contributed by atoms with Crippen molar-refractivity contribution in [1.29, 1.82) is 0 Å². The van der Waals surface area contributed by atoms with E-state index in [9.17, 15) is 9.59 Å². The third kappa shape index (κ3) is 6.84. The molecule has 3 rings (SSSR count). The molecule has 0 atom stereocenters. The maximum atomic E-state index is 12.3. The number of carbonyl (C=O) groups excluding carboxylic acids is 2. The molecule has 0 radical (unpaired) electrons. The van der Waals surface area contributed by atoms with Gasteiger partial charge in [0.1, 0.15) is 6.61 Å². The number of carbonyl (C=O) groups is 2. The minimum atomic E-state index is -0.525. The molecule has 3 N–H and O–H groups in total. The fraction of sp³-hybridized carbons (Fsp3) is 0.120. The maximum Gasteiger partial charge on any atom is 0.248 e. The molecule has 0 aliphatic rings. The molecular formula is C25H22BrClN2O4. The minimum Gasteiger partial charge on any atom is -0.490 e. The second-order valence-electron chi connectivity index (χ2n) is 6.91. The Labute approximate surface area is 205 Å². The largest absolute Gasteiger partial charge is 0.490 e. The van der Waals surface area contributed by atoms with E-state index in [4.69, 9.17) is 26.8 Å². The van der Waals surface area contributed by atoms with Crippen LogP contribution in [0.3, 0.4) is 0 Å². The van der Waals surface area contributed by atoms with Crippen LogP contribution in [0.2, 0.25) is 5.02 Å². The molecule has 0 spiro atoms. The summed E-state index contributed by atoms with van der Waals surface area (Å²) < 4.78 is 12.4. The smallest absolute Gasteiger partial charge is 0.248 e. The van der Waals surface area contributed by atoms with E-state index in [1.54, 1.807) is 36.4 Å². The minimum absolute atomic E-state index is 0.282. The number of ether oxygens (including phenoxy) is 2. The number of benzene rings is 3. The summed E-state index contributed by atoms with van der Waals surface area (Å²) in [6, 6.07) is 17.4. The van der Waals surface area contributed by atoms with Gasteiger partial charge in [0, 0.05) is 27.9 Å². The van der Waals surface area contributed by atoms with Crippen molar-refractivity contribution in [3.63, 3.8) is 0 Å². The van der Waals surface area contributed by atoms with Crippen LogP contribution >= 0.6 is 27.5 Å². The van der Waals surface area contributed by atoms with E-state index >= 15 is 0 Å².